The summed E-state index contributed by atoms with van der Waals surface area (Å²) in [4.78, 5) is 0. The third-order valence-corrected chi connectivity index (χ3v) is 4.59. The summed E-state index contributed by atoms with van der Waals surface area (Å²) >= 11 is 0. The quantitative estimate of drug-likeness (QED) is 0.119. The minimum Gasteiger partial charge on any atom is -0.385 e. The molecule has 0 fully saturated rings. The molecule has 0 radical (unpaired) electrons. The minimum atomic E-state index is 0. The van der Waals surface area contributed by atoms with Crippen molar-refractivity contribution in [3.05, 3.63) is 59.7 Å². The van der Waals surface area contributed by atoms with Gasteiger partial charge in [-0.05, 0) is 74.5 Å². The van der Waals surface area contributed by atoms with Crippen molar-refractivity contribution in [2.75, 3.05) is 49.9 Å². The Morgan fingerprint density at radius 2 is 0.935 bits per heavy atom. The highest BCUT2D eigenvalue weighted by molar-refractivity contribution is 5.95. The van der Waals surface area contributed by atoms with Gasteiger partial charge >= 0.3 is 0 Å². The van der Waals surface area contributed by atoms with Crippen LogP contribution in [0.25, 0.3) is 0 Å². The van der Waals surface area contributed by atoms with Crippen LogP contribution in [-0.4, -0.2) is 50.9 Å². The van der Waals surface area contributed by atoms with Crippen LogP contribution in [0.2, 0.25) is 0 Å². The normalized spacial score (nSPS) is 10.2. The molecular weight excluding hydrogens is 412 g/mol. The predicted molar refractivity (Wildman–Crippen MR) is 134 cm³/mol. The summed E-state index contributed by atoms with van der Waals surface area (Å²) in [5, 5.41) is 28.4. The molecule has 0 unspecified atom stereocenters. The number of benzene rings is 2. The van der Waals surface area contributed by atoms with Crippen LogP contribution in [0.15, 0.2) is 48.5 Å². The Morgan fingerprint density at radius 1 is 0.581 bits per heavy atom. The summed E-state index contributed by atoms with van der Waals surface area (Å²) in [5.74, 6) is 0.187. The monoisotopic (exact) mass is 446 g/mol. The number of halogens is 1. The third-order valence-electron chi connectivity index (χ3n) is 4.59. The average Bonchev–Trinajstić information content (AvgIpc) is 2.75. The van der Waals surface area contributed by atoms with Gasteiger partial charge < -0.3 is 32.7 Å². The molecule has 10 N–H and O–H groups in total. The van der Waals surface area contributed by atoms with Crippen LogP contribution in [0.3, 0.4) is 0 Å². The maximum absolute atomic E-state index is 7.39. The summed E-state index contributed by atoms with van der Waals surface area (Å²) in [6.45, 7) is 5.65. The zero-order chi connectivity index (χ0) is 21.6. The standard InChI is InChI=1S/C22H34N8.ClH/c23-21(24)17-3-7-19(8-4-17)29-13-1-11-27-15-16-28-12-2-14-30-20-9-5-18(6-10-20)22(25)26;/h3-10,27-30H,1-2,11-16H2,(H3,23,24)(H3,25,26);1H. The second-order valence-electron chi connectivity index (χ2n) is 7.04. The lowest BCUT2D eigenvalue weighted by atomic mass is 10.2. The van der Waals surface area contributed by atoms with E-state index in [0.717, 1.165) is 74.6 Å². The van der Waals surface area contributed by atoms with Crippen LogP contribution < -0.4 is 32.7 Å². The molecule has 31 heavy (non-hydrogen) atoms. The van der Waals surface area contributed by atoms with Crippen molar-refractivity contribution in [3.8, 4) is 0 Å². The van der Waals surface area contributed by atoms with Gasteiger partial charge in [-0.25, -0.2) is 0 Å². The Balaban J connectivity index is 0.00000480. The van der Waals surface area contributed by atoms with Crippen molar-refractivity contribution >= 4 is 35.5 Å². The fourth-order valence-electron chi connectivity index (χ4n) is 2.85. The fourth-order valence-corrected chi connectivity index (χ4v) is 2.85. The summed E-state index contributed by atoms with van der Waals surface area (Å²) in [7, 11) is 0. The topological polar surface area (TPSA) is 148 Å². The average molecular weight is 447 g/mol. The van der Waals surface area contributed by atoms with Crippen LogP contribution >= 0.6 is 12.4 Å². The summed E-state index contributed by atoms with van der Waals surface area (Å²) < 4.78 is 0. The van der Waals surface area contributed by atoms with E-state index in [-0.39, 0.29) is 24.1 Å². The molecule has 0 atom stereocenters. The van der Waals surface area contributed by atoms with Gasteiger partial charge in [-0.3, -0.25) is 10.8 Å². The van der Waals surface area contributed by atoms with Crippen molar-refractivity contribution in [3.63, 3.8) is 0 Å². The Hall–Kier alpha value is -2.81. The molecule has 0 aliphatic heterocycles. The van der Waals surface area contributed by atoms with E-state index < -0.39 is 0 Å². The van der Waals surface area contributed by atoms with Crippen LogP contribution in [0.5, 0.6) is 0 Å². The van der Waals surface area contributed by atoms with Gasteiger partial charge in [-0.15, -0.1) is 12.4 Å². The van der Waals surface area contributed by atoms with E-state index in [1.54, 1.807) is 0 Å². The maximum Gasteiger partial charge on any atom is 0.122 e. The molecule has 0 heterocycles. The zero-order valence-corrected chi connectivity index (χ0v) is 18.7. The van der Waals surface area contributed by atoms with E-state index in [4.69, 9.17) is 22.3 Å². The Labute approximate surface area is 191 Å². The van der Waals surface area contributed by atoms with Gasteiger partial charge in [-0.1, -0.05) is 0 Å². The smallest absolute Gasteiger partial charge is 0.122 e. The molecule has 0 aliphatic rings. The summed E-state index contributed by atoms with van der Waals surface area (Å²) in [6.07, 6.45) is 2.08. The minimum absolute atomic E-state index is 0. The van der Waals surface area contributed by atoms with Gasteiger partial charge in [0.15, 0.2) is 0 Å². The van der Waals surface area contributed by atoms with Gasteiger partial charge in [0.1, 0.15) is 11.7 Å². The van der Waals surface area contributed by atoms with E-state index >= 15 is 0 Å². The lowest BCUT2D eigenvalue weighted by Gasteiger charge is -2.10. The number of nitrogens with two attached hydrogens (primary N) is 2. The molecule has 2 aromatic carbocycles. The second-order valence-corrected chi connectivity index (χ2v) is 7.04. The van der Waals surface area contributed by atoms with Gasteiger partial charge in [-0.2, -0.15) is 0 Å². The molecular formula is C22H35ClN8. The summed E-state index contributed by atoms with van der Waals surface area (Å²) in [6, 6.07) is 15.2. The number of anilines is 2. The Kier molecular flexibility index (Phi) is 12.7. The summed E-state index contributed by atoms with van der Waals surface area (Å²) in [5.41, 5.74) is 14.5. The van der Waals surface area contributed by atoms with Crippen molar-refractivity contribution < 1.29 is 0 Å². The molecule has 0 spiro atoms. The lowest BCUT2D eigenvalue weighted by Crippen LogP contribution is -2.29. The molecule has 9 heteroatoms. The van der Waals surface area contributed by atoms with Gasteiger partial charge in [0.2, 0.25) is 0 Å². The largest absolute Gasteiger partial charge is 0.385 e. The van der Waals surface area contributed by atoms with Crippen LogP contribution in [0.1, 0.15) is 24.0 Å². The first-order valence-electron chi connectivity index (χ1n) is 10.3. The highest BCUT2D eigenvalue weighted by Gasteiger charge is 1.98. The molecule has 2 aromatic rings. The van der Waals surface area contributed by atoms with Crippen LogP contribution in [0, 0.1) is 10.8 Å². The van der Waals surface area contributed by atoms with Gasteiger partial charge in [0, 0.05) is 48.7 Å². The van der Waals surface area contributed by atoms with E-state index in [9.17, 15) is 0 Å². The number of rotatable bonds is 15. The third kappa shape index (κ3) is 10.7. The number of nitrogens with one attached hydrogen (secondary N) is 6. The first kappa shape index (κ1) is 26.2. The van der Waals surface area contributed by atoms with E-state index in [2.05, 4.69) is 21.3 Å². The number of amidine groups is 2. The molecule has 0 amide bonds. The predicted octanol–water partition coefficient (Wildman–Crippen LogP) is 2.16. The van der Waals surface area contributed by atoms with Crippen molar-refractivity contribution in [1.82, 2.24) is 10.6 Å². The van der Waals surface area contributed by atoms with Crippen molar-refractivity contribution in [1.29, 1.82) is 10.8 Å². The molecule has 170 valence electrons. The molecule has 0 aromatic heterocycles. The zero-order valence-electron chi connectivity index (χ0n) is 17.8. The molecule has 8 nitrogen and oxygen atoms in total. The molecule has 0 aliphatic carbocycles. The van der Waals surface area contributed by atoms with Crippen molar-refractivity contribution in [2.24, 2.45) is 11.5 Å². The van der Waals surface area contributed by atoms with E-state index in [1.807, 2.05) is 48.5 Å². The Morgan fingerprint density at radius 3 is 1.26 bits per heavy atom. The van der Waals surface area contributed by atoms with Crippen LogP contribution in [0.4, 0.5) is 11.4 Å². The molecule has 2 rings (SSSR count). The SMILES string of the molecule is Cl.N=C(N)c1ccc(NCCCNCCNCCCNc2ccc(C(=N)N)cc2)cc1. The lowest BCUT2D eigenvalue weighted by molar-refractivity contribution is 0.595. The van der Waals surface area contributed by atoms with Crippen LogP contribution in [-0.2, 0) is 0 Å². The highest BCUT2D eigenvalue weighted by Crippen LogP contribution is 2.09. The number of nitrogen functional groups attached to an aromatic ring is 2. The van der Waals surface area contributed by atoms with Gasteiger partial charge in [0.25, 0.3) is 0 Å². The molecule has 0 saturated heterocycles. The van der Waals surface area contributed by atoms with E-state index in [1.165, 1.54) is 0 Å². The second kappa shape index (κ2) is 15.1. The Bertz CT molecular complexity index is 710. The first-order valence-corrected chi connectivity index (χ1v) is 10.3. The fraction of sp³-hybridized carbons (Fsp3) is 0.364. The van der Waals surface area contributed by atoms with E-state index in [0.29, 0.717) is 0 Å². The maximum atomic E-state index is 7.39. The molecule has 0 bridgehead atoms. The highest BCUT2D eigenvalue weighted by atomic mass is 35.5. The van der Waals surface area contributed by atoms with Gasteiger partial charge in [0.05, 0.1) is 0 Å². The number of hydrogen-bond donors (Lipinski definition) is 8. The van der Waals surface area contributed by atoms with Crippen molar-refractivity contribution in [2.45, 2.75) is 12.8 Å². The first-order chi connectivity index (χ1) is 14.6. The number of hydrogen-bond acceptors (Lipinski definition) is 6. The molecule has 0 saturated carbocycles.